The van der Waals surface area contributed by atoms with Gasteiger partial charge >= 0.3 is 4.87 Å². The molecule has 23 heavy (non-hydrogen) atoms. The fraction of sp³-hybridized carbons (Fsp3) is 0.267. The summed E-state index contributed by atoms with van der Waals surface area (Å²) in [6.07, 6.45) is 0. The first-order valence-corrected chi connectivity index (χ1v) is 8.66. The fourth-order valence-electron chi connectivity index (χ4n) is 3.11. The van der Waals surface area contributed by atoms with Gasteiger partial charge in [-0.2, -0.15) is 0 Å². The van der Waals surface area contributed by atoms with E-state index < -0.39 is 11.2 Å². The third-order valence-corrected chi connectivity index (χ3v) is 6.55. The van der Waals surface area contributed by atoms with E-state index in [9.17, 15) is 14.4 Å². The summed E-state index contributed by atoms with van der Waals surface area (Å²) in [4.78, 5) is 39.5. The number of H-pyrrole nitrogens is 1. The number of rotatable bonds is 2. The standard InChI is InChI=1S/C15H12N2O4S2/c1-21-7-4-2-6(3-5-7)8-9-10(13(19)16-12(9)18)22-14-11(8)23-15(20)17-14/h2-5,8-10H,1H3,(H,17,20)(H,16,18,19)/t8-,9+,10-/m0/s1. The minimum atomic E-state index is -0.507. The molecule has 2 aliphatic rings. The Morgan fingerprint density at radius 1 is 1.09 bits per heavy atom. The maximum absolute atomic E-state index is 12.3. The van der Waals surface area contributed by atoms with Crippen LogP contribution in [0, 0.1) is 5.92 Å². The highest BCUT2D eigenvalue weighted by molar-refractivity contribution is 8.00. The predicted octanol–water partition coefficient (Wildman–Crippen LogP) is 1.32. The van der Waals surface area contributed by atoms with Gasteiger partial charge in [-0.1, -0.05) is 35.2 Å². The molecule has 0 radical (unpaired) electrons. The smallest absolute Gasteiger partial charge is 0.305 e. The number of aromatic amines is 1. The molecule has 8 heteroatoms. The van der Waals surface area contributed by atoms with Gasteiger partial charge in [0, 0.05) is 10.8 Å². The Labute approximate surface area is 139 Å². The first-order chi connectivity index (χ1) is 11.1. The van der Waals surface area contributed by atoms with Crippen molar-refractivity contribution in [2.24, 2.45) is 5.92 Å². The summed E-state index contributed by atoms with van der Waals surface area (Å²) in [7, 11) is 1.58. The minimum Gasteiger partial charge on any atom is -0.497 e. The van der Waals surface area contributed by atoms with E-state index in [4.69, 9.17) is 4.74 Å². The number of benzene rings is 1. The van der Waals surface area contributed by atoms with E-state index in [1.165, 1.54) is 11.8 Å². The molecular formula is C15H12N2O4S2. The van der Waals surface area contributed by atoms with Crippen molar-refractivity contribution in [3.05, 3.63) is 44.4 Å². The number of carbonyl (C=O) groups excluding carboxylic acids is 2. The Bertz CT molecular complexity index is 855. The van der Waals surface area contributed by atoms with Gasteiger partial charge in [0.2, 0.25) is 11.8 Å². The van der Waals surface area contributed by atoms with Crippen LogP contribution >= 0.6 is 23.1 Å². The van der Waals surface area contributed by atoms with Gasteiger partial charge in [-0.25, -0.2) is 0 Å². The lowest BCUT2D eigenvalue weighted by atomic mass is 9.83. The summed E-state index contributed by atoms with van der Waals surface area (Å²) in [6, 6.07) is 7.38. The SMILES string of the molecule is COc1ccc([C@@H]2c3sc(=O)[nH]c3S[C@@H]3C(=O)NC(=O)[C@H]23)cc1. The Balaban J connectivity index is 1.87. The molecule has 2 aliphatic heterocycles. The van der Waals surface area contributed by atoms with E-state index in [2.05, 4.69) is 10.3 Å². The number of carbonyl (C=O) groups is 2. The highest BCUT2D eigenvalue weighted by Gasteiger charge is 2.52. The van der Waals surface area contributed by atoms with Crippen LogP contribution in [-0.4, -0.2) is 29.2 Å². The van der Waals surface area contributed by atoms with E-state index in [1.54, 1.807) is 7.11 Å². The summed E-state index contributed by atoms with van der Waals surface area (Å²) in [6.45, 7) is 0. The summed E-state index contributed by atoms with van der Waals surface area (Å²) in [5.74, 6) is -0.664. The number of nitrogens with one attached hydrogen (secondary N) is 2. The number of ether oxygens (including phenoxy) is 1. The normalized spacial score (nSPS) is 25.7. The molecule has 4 rings (SSSR count). The Morgan fingerprint density at radius 3 is 2.52 bits per heavy atom. The summed E-state index contributed by atoms with van der Waals surface area (Å²) >= 11 is 2.36. The Kier molecular flexibility index (Phi) is 3.31. The molecule has 0 saturated carbocycles. The van der Waals surface area contributed by atoms with Crippen molar-refractivity contribution in [2.45, 2.75) is 16.2 Å². The van der Waals surface area contributed by atoms with Crippen LogP contribution in [0.25, 0.3) is 0 Å². The molecule has 0 unspecified atom stereocenters. The second-order valence-corrected chi connectivity index (χ2v) is 7.54. The molecule has 2 amide bonds. The minimum absolute atomic E-state index is 0.172. The van der Waals surface area contributed by atoms with Gasteiger partial charge in [0.1, 0.15) is 11.0 Å². The Morgan fingerprint density at radius 2 is 1.83 bits per heavy atom. The first-order valence-electron chi connectivity index (χ1n) is 6.97. The van der Waals surface area contributed by atoms with Crippen LogP contribution in [0.4, 0.5) is 0 Å². The number of imide groups is 1. The second-order valence-electron chi connectivity index (χ2n) is 5.38. The summed E-state index contributed by atoms with van der Waals surface area (Å²) in [5.41, 5.74) is 0.891. The molecule has 3 atom stereocenters. The van der Waals surface area contributed by atoms with Crippen LogP contribution < -0.4 is 14.9 Å². The third kappa shape index (κ3) is 2.21. The van der Waals surface area contributed by atoms with E-state index in [-0.39, 0.29) is 22.6 Å². The lowest BCUT2D eigenvalue weighted by Gasteiger charge is -2.29. The average Bonchev–Trinajstić information content (AvgIpc) is 3.05. The van der Waals surface area contributed by atoms with Crippen molar-refractivity contribution in [3.8, 4) is 5.75 Å². The number of aromatic nitrogens is 1. The van der Waals surface area contributed by atoms with Gasteiger partial charge in [-0.15, -0.1) is 0 Å². The van der Waals surface area contributed by atoms with Gasteiger partial charge in [0.25, 0.3) is 0 Å². The summed E-state index contributed by atoms with van der Waals surface area (Å²) in [5, 5.41) is 2.59. The molecule has 1 aromatic heterocycles. The van der Waals surface area contributed by atoms with Gasteiger partial charge in [0.15, 0.2) is 0 Å². The van der Waals surface area contributed by atoms with E-state index in [0.29, 0.717) is 10.8 Å². The lowest BCUT2D eigenvalue weighted by molar-refractivity contribution is -0.125. The number of fused-ring (bicyclic) bond motifs is 2. The van der Waals surface area contributed by atoms with Gasteiger partial charge in [-0.3, -0.25) is 19.7 Å². The van der Waals surface area contributed by atoms with E-state index >= 15 is 0 Å². The fourth-order valence-corrected chi connectivity index (χ4v) is 5.59. The largest absolute Gasteiger partial charge is 0.497 e. The number of thioether (sulfide) groups is 1. The van der Waals surface area contributed by atoms with Crippen LogP contribution in [0.15, 0.2) is 34.1 Å². The number of methoxy groups -OCH3 is 1. The number of amides is 2. The summed E-state index contributed by atoms with van der Waals surface area (Å²) < 4.78 is 5.16. The van der Waals surface area contributed by atoms with Crippen molar-refractivity contribution < 1.29 is 14.3 Å². The number of thiazole rings is 1. The van der Waals surface area contributed by atoms with Crippen molar-refractivity contribution in [2.75, 3.05) is 7.11 Å². The lowest BCUT2D eigenvalue weighted by Crippen LogP contribution is -2.31. The van der Waals surface area contributed by atoms with E-state index in [0.717, 1.165) is 21.8 Å². The second kappa shape index (κ2) is 5.24. The van der Waals surface area contributed by atoms with Crippen molar-refractivity contribution >= 4 is 34.9 Å². The molecule has 6 nitrogen and oxygen atoms in total. The Hall–Kier alpha value is -2.06. The highest BCUT2D eigenvalue weighted by Crippen LogP contribution is 2.50. The topological polar surface area (TPSA) is 88.3 Å². The monoisotopic (exact) mass is 348 g/mol. The van der Waals surface area contributed by atoms with Crippen molar-refractivity contribution in [3.63, 3.8) is 0 Å². The van der Waals surface area contributed by atoms with Crippen molar-refractivity contribution in [1.29, 1.82) is 0 Å². The number of hydrogen-bond acceptors (Lipinski definition) is 6. The van der Waals surface area contributed by atoms with Gasteiger partial charge in [0.05, 0.1) is 18.1 Å². The molecule has 1 fully saturated rings. The van der Waals surface area contributed by atoms with Crippen LogP contribution in [0.3, 0.4) is 0 Å². The molecule has 1 aromatic carbocycles. The molecule has 2 aromatic rings. The molecule has 3 heterocycles. The highest BCUT2D eigenvalue weighted by atomic mass is 32.2. The quantitative estimate of drug-likeness (QED) is 0.799. The molecule has 1 saturated heterocycles. The van der Waals surface area contributed by atoms with Crippen molar-refractivity contribution in [1.82, 2.24) is 10.3 Å². The van der Waals surface area contributed by atoms with E-state index in [1.807, 2.05) is 24.3 Å². The zero-order chi connectivity index (χ0) is 16.1. The van der Waals surface area contributed by atoms with Crippen LogP contribution in [0.1, 0.15) is 16.4 Å². The maximum atomic E-state index is 12.3. The maximum Gasteiger partial charge on any atom is 0.305 e. The average molecular weight is 348 g/mol. The van der Waals surface area contributed by atoms with Crippen LogP contribution in [0.2, 0.25) is 0 Å². The predicted molar refractivity (Wildman–Crippen MR) is 86.1 cm³/mol. The molecule has 2 N–H and O–H groups in total. The third-order valence-electron chi connectivity index (χ3n) is 4.14. The number of hydrogen-bond donors (Lipinski definition) is 2. The zero-order valence-electron chi connectivity index (χ0n) is 12.0. The molecule has 118 valence electrons. The van der Waals surface area contributed by atoms with Crippen LogP contribution in [0.5, 0.6) is 5.75 Å². The molecule has 0 bridgehead atoms. The molecule has 0 spiro atoms. The van der Waals surface area contributed by atoms with Crippen LogP contribution in [-0.2, 0) is 9.59 Å². The zero-order valence-corrected chi connectivity index (χ0v) is 13.6. The molecular weight excluding hydrogens is 336 g/mol. The van der Waals surface area contributed by atoms with Gasteiger partial charge < -0.3 is 9.72 Å². The first kappa shape index (κ1) is 14.5. The molecule has 0 aliphatic carbocycles. The van der Waals surface area contributed by atoms with Gasteiger partial charge in [-0.05, 0) is 17.7 Å².